The van der Waals surface area contributed by atoms with E-state index in [1.54, 1.807) is 18.1 Å². The molecule has 3 aromatic rings. The van der Waals surface area contributed by atoms with Crippen molar-refractivity contribution >= 4 is 28.9 Å². The molecule has 0 saturated carbocycles. The molecule has 2 saturated heterocycles. The van der Waals surface area contributed by atoms with Crippen LogP contribution in [0.3, 0.4) is 0 Å². The lowest BCUT2D eigenvalue weighted by Gasteiger charge is -2.35. The Balaban J connectivity index is 1.32. The molecule has 0 unspecified atom stereocenters. The van der Waals surface area contributed by atoms with Gasteiger partial charge in [0.1, 0.15) is 11.6 Å². The Morgan fingerprint density at radius 1 is 0.974 bits per heavy atom. The van der Waals surface area contributed by atoms with Gasteiger partial charge in [0, 0.05) is 36.3 Å². The summed E-state index contributed by atoms with van der Waals surface area (Å²) in [6.07, 6.45) is 1.53. The van der Waals surface area contributed by atoms with E-state index in [1.165, 1.54) is 11.6 Å². The lowest BCUT2D eigenvalue weighted by Crippen LogP contribution is -2.42. The summed E-state index contributed by atoms with van der Waals surface area (Å²) in [4.78, 5) is 20.1. The van der Waals surface area contributed by atoms with E-state index in [0.717, 1.165) is 48.8 Å². The van der Waals surface area contributed by atoms with E-state index in [-0.39, 0.29) is 17.6 Å². The molecule has 0 spiro atoms. The molecular weight excluding hydrogens is 517 g/mol. The molecule has 0 aromatic heterocycles. The lowest BCUT2D eigenvalue weighted by atomic mass is 9.94. The number of hydrogen-bond donors (Lipinski definition) is 0. The highest BCUT2D eigenvalue weighted by Crippen LogP contribution is 2.30. The first-order chi connectivity index (χ1) is 19.0. The minimum absolute atomic E-state index is 0.0375. The second-order valence-electron chi connectivity index (χ2n) is 10.2. The molecule has 0 radical (unpaired) electrons. The zero-order valence-electron chi connectivity index (χ0n) is 22.3. The molecule has 1 amide bonds. The van der Waals surface area contributed by atoms with Crippen LogP contribution in [0.2, 0.25) is 5.02 Å². The number of anilines is 2. The van der Waals surface area contributed by atoms with Gasteiger partial charge in [-0.2, -0.15) is 0 Å². The molecule has 3 aromatic carbocycles. The highest BCUT2D eigenvalue weighted by molar-refractivity contribution is 6.30. The van der Waals surface area contributed by atoms with E-state index < -0.39 is 0 Å². The first-order valence-corrected chi connectivity index (χ1v) is 13.9. The van der Waals surface area contributed by atoms with Crippen molar-refractivity contribution in [3.8, 4) is 5.75 Å². The fourth-order valence-corrected chi connectivity index (χ4v) is 5.47. The molecule has 39 heavy (non-hydrogen) atoms. The second-order valence-corrected chi connectivity index (χ2v) is 10.6. The summed E-state index contributed by atoms with van der Waals surface area (Å²) in [6.45, 7) is 5.34. The largest absolute Gasteiger partial charge is 0.497 e. The van der Waals surface area contributed by atoms with Crippen LogP contribution in [0.25, 0.3) is 0 Å². The number of benzene rings is 3. The highest BCUT2D eigenvalue weighted by Gasteiger charge is 2.30. The highest BCUT2D eigenvalue weighted by atomic mass is 35.5. The summed E-state index contributed by atoms with van der Waals surface area (Å²) >= 11 is 6.03. The Morgan fingerprint density at radius 2 is 1.64 bits per heavy atom. The first-order valence-electron chi connectivity index (χ1n) is 13.5. The molecule has 2 aliphatic heterocycles. The van der Waals surface area contributed by atoms with Gasteiger partial charge in [0.15, 0.2) is 0 Å². The molecule has 0 atom stereocenters. The van der Waals surface area contributed by atoms with Crippen molar-refractivity contribution < 1.29 is 18.7 Å². The third kappa shape index (κ3) is 6.90. The topological polar surface area (TPSA) is 45.2 Å². The SMILES string of the molecule is COc1ccc(CN(C(=O)C2CCN(Cc3ccc(Cl)cc3)CC2)c2ccc(N3CCOCC3)c(F)c2)cc1. The molecular formula is C31H35ClFN3O3. The number of carbonyl (C=O) groups is 1. The number of hydrogen-bond acceptors (Lipinski definition) is 5. The number of piperidine rings is 1. The predicted molar refractivity (Wildman–Crippen MR) is 153 cm³/mol. The number of methoxy groups -OCH3 is 1. The zero-order valence-corrected chi connectivity index (χ0v) is 23.1. The fourth-order valence-electron chi connectivity index (χ4n) is 5.34. The van der Waals surface area contributed by atoms with Crippen LogP contribution in [-0.2, 0) is 22.6 Å². The predicted octanol–water partition coefficient (Wildman–Crippen LogP) is 5.77. The summed E-state index contributed by atoms with van der Waals surface area (Å²) in [5, 5.41) is 0.731. The maximum atomic E-state index is 15.4. The standard InChI is InChI=1S/C31H35ClFN3O3/c1-38-28-9-4-24(5-10-28)22-36(27-8-11-30(29(33)20-27)35-16-18-39-19-17-35)31(37)25-12-14-34(15-13-25)21-23-2-6-26(32)7-3-23/h2-11,20,25H,12-19,21-22H2,1H3. The van der Waals surface area contributed by atoms with Crippen LogP contribution >= 0.6 is 11.6 Å². The van der Waals surface area contributed by atoms with Crippen LogP contribution < -0.4 is 14.5 Å². The van der Waals surface area contributed by atoms with E-state index in [4.69, 9.17) is 21.1 Å². The number of morpholine rings is 1. The van der Waals surface area contributed by atoms with Gasteiger partial charge in [0.25, 0.3) is 0 Å². The van der Waals surface area contributed by atoms with Crippen molar-refractivity contribution in [1.29, 1.82) is 0 Å². The number of rotatable bonds is 8. The molecule has 0 aliphatic carbocycles. The average molecular weight is 552 g/mol. The number of amides is 1. The first kappa shape index (κ1) is 27.4. The van der Waals surface area contributed by atoms with Crippen LogP contribution in [-0.4, -0.2) is 57.3 Å². The number of nitrogens with zero attached hydrogens (tertiary/aromatic N) is 3. The molecule has 206 valence electrons. The molecule has 2 fully saturated rings. The Bertz CT molecular complexity index is 1240. The Morgan fingerprint density at radius 3 is 2.28 bits per heavy atom. The molecule has 0 bridgehead atoms. The van der Waals surface area contributed by atoms with Gasteiger partial charge in [0.2, 0.25) is 5.91 Å². The van der Waals surface area contributed by atoms with Gasteiger partial charge < -0.3 is 19.3 Å². The lowest BCUT2D eigenvalue weighted by molar-refractivity contribution is -0.124. The van der Waals surface area contributed by atoms with Crippen LogP contribution in [0.5, 0.6) is 5.75 Å². The third-order valence-corrected chi connectivity index (χ3v) is 7.87. The number of likely N-dealkylation sites (tertiary alicyclic amines) is 1. The maximum absolute atomic E-state index is 15.4. The van der Waals surface area contributed by atoms with Gasteiger partial charge in [-0.15, -0.1) is 0 Å². The fraction of sp³-hybridized carbons (Fsp3) is 0.387. The van der Waals surface area contributed by atoms with Gasteiger partial charge in [-0.05, 0) is 79.5 Å². The monoisotopic (exact) mass is 551 g/mol. The van der Waals surface area contributed by atoms with Crippen molar-refractivity contribution in [2.75, 3.05) is 56.3 Å². The van der Waals surface area contributed by atoms with E-state index in [0.29, 0.717) is 44.2 Å². The number of halogens is 2. The second kappa shape index (κ2) is 12.8. The van der Waals surface area contributed by atoms with Crippen LogP contribution in [0.1, 0.15) is 24.0 Å². The summed E-state index contributed by atoms with van der Waals surface area (Å²) in [5.41, 5.74) is 3.30. The summed E-state index contributed by atoms with van der Waals surface area (Å²) in [6, 6.07) is 20.7. The van der Waals surface area contributed by atoms with Gasteiger partial charge in [-0.25, -0.2) is 4.39 Å². The van der Waals surface area contributed by atoms with E-state index in [2.05, 4.69) is 4.90 Å². The van der Waals surface area contributed by atoms with Crippen molar-refractivity contribution in [3.05, 3.63) is 88.7 Å². The molecule has 0 N–H and O–H groups in total. The molecule has 8 heteroatoms. The number of carbonyl (C=O) groups excluding carboxylic acids is 1. The minimum atomic E-state index is -0.320. The maximum Gasteiger partial charge on any atom is 0.230 e. The van der Waals surface area contributed by atoms with Crippen LogP contribution in [0.4, 0.5) is 15.8 Å². The van der Waals surface area contributed by atoms with Crippen molar-refractivity contribution in [1.82, 2.24) is 4.90 Å². The molecule has 2 aliphatic rings. The van der Waals surface area contributed by atoms with Gasteiger partial charge in [-0.3, -0.25) is 9.69 Å². The van der Waals surface area contributed by atoms with Crippen molar-refractivity contribution in [2.45, 2.75) is 25.9 Å². The normalized spacial score (nSPS) is 16.7. The van der Waals surface area contributed by atoms with Crippen molar-refractivity contribution in [3.63, 3.8) is 0 Å². The van der Waals surface area contributed by atoms with Gasteiger partial charge >= 0.3 is 0 Å². The third-order valence-electron chi connectivity index (χ3n) is 7.62. The number of ether oxygens (including phenoxy) is 2. The Labute approximate surface area is 234 Å². The smallest absolute Gasteiger partial charge is 0.230 e. The van der Waals surface area contributed by atoms with Gasteiger partial charge in [0.05, 0.1) is 32.6 Å². The zero-order chi connectivity index (χ0) is 27.2. The average Bonchev–Trinajstić information content (AvgIpc) is 2.98. The quantitative estimate of drug-likeness (QED) is 0.356. The molecule has 5 rings (SSSR count). The van der Waals surface area contributed by atoms with Gasteiger partial charge in [-0.1, -0.05) is 35.9 Å². The van der Waals surface area contributed by atoms with E-state index in [1.807, 2.05) is 59.5 Å². The summed E-state index contributed by atoms with van der Waals surface area (Å²) in [7, 11) is 1.63. The minimum Gasteiger partial charge on any atom is -0.497 e. The summed E-state index contributed by atoms with van der Waals surface area (Å²) in [5.74, 6) is 0.354. The van der Waals surface area contributed by atoms with Crippen LogP contribution in [0, 0.1) is 11.7 Å². The molecule has 2 heterocycles. The van der Waals surface area contributed by atoms with E-state index in [9.17, 15) is 4.79 Å². The van der Waals surface area contributed by atoms with E-state index >= 15 is 4.39 Å². The van der Waals surface area contributed by atoms with Crippen LogP contribution in [0.15, 0.2) is 66.7 Å². The van der Waals surface area contributed by atoms with Crippen molar-refractivity contribution in [2.24, 2.45) is 5.92 Å². The molecule has 6 nitrogen and oxygen atoms in total. The Hall–Kier alpha value is -3.13. The Kier molecular flexibility index (Phi) is 9.02. The summed E-state index contributed by atoms with van der Waals surface area (Å²) < 4.78 is 26.1.